The van der Waals surface area contributed by atoms with Crippen LogP contribution >= 0.6 is 23.2 Å². The van der Waals surface area contributed by atoms with Crippen LogP contribution in [0.2, 0.25) is 10.0 Å². The van der Waals surface area contributed by atoms with Gasteiger partial charge in [0.1, 0.15) is 11.5 Å². The molecule has 1 nitrogen and oxygen atoms in total. The fourth-order valence-electron chi connectivity index (χ4n) is 4.47. The Morgan fingerprint density at radius 1 is 0.880 bits per heavy atom. The number of fused-ring (bicyclic) bond motifs is 4. The first kappa shape index (κ1) is 15.4. The molecule has 0 fully saturated rings. The van der Waals surface area contributed by atoms with Crippen LogP contribution in [-0.2, 0) is 5.41 Å². The van der Waals surface area contributed by atoms with E-state index in [-0.39, 0.29) is 12.1 Å². The molecule has 0 amide bonds. The minimum atomic E-state index is -0.186. The summed E-state index contributed by atoms with van der Waals surface area (Å²) >= 11 is 13.0. The molecule has 0 aromatic heterocycles. The Morgan fingerprint density at radius 2 is 1.64 bits per heavy atom. The van der Waals surface area contributed by atoms with Crippen LogP contribution < -0.4 is 21.1 Å². The van der Waals surface area contributed by atoms with Crippen LogP contribution in [0.4, 0.5) is 0 Å². The third-order valence-electron chi connectivity index (χ3n) is 5.52. The lowest BCUT2D eigenvalue weighted by Gasteiger charge is -2.42. The Hall–Kier alpha value is -1.90. The summed E-state index contributed by atoms with van der Waals surface area (Å²) in [4.78, 5) is 0. The quantitative estimate of drug-likeness (QED) is 0.424. The number of ether oxygens (including phenoxy) is 1. The second kappa shape index (κ2) is 5.06. The lowest BCUT2D eigenvalue weighted by Crippen LogP contribution is -2.62. The Kier molecular flexibility index (Phi) is 3.11. The fourth-order valence-corrected chi connectivity index (χ4v) is 5.05. The molecule has 0 saturated heterocycles. The Morgan fingerprint density at radius 3 is 2.48 bits per heavy atom. The Balaban J connectivity index is 1.94. The molecule has 0 atom stereocenters. The van der Waals surface area contributed by atoms with Crippen molar-refractivity contribution in [2.75, 3.05) is 0 Å². The van der Waals surface area contributed by atoms with E-state index in [4.69, 9.17) is 27.9 Å². The molecule has 2 aliphatic rings. The SMILES string of the molecule is CC1(C)c2ccccc2B2c3cc(Cl)ccc3Oc3ccc(Cl)c1c32. The van der Waals surface area contributed by atoms with Crippen molar-refractivity contribution < 1.29 is 4.74 Å². The van der Waals surface area contributed by atoms with Crippen molar-refractivity contribution in [1.82, 2.24) is 0 Å². The van der Waals surface area contributed by atoms with Gasteiger partial charge in [0, 0.05) is 15.5 Å². The smallest absolute Gasteiger partial charge is 0.251 e. The van der Waals surface area contributed by atoms with Crippen LogP contribution in [0.3, 0.4) is 0 Å². The number of hydrogen-bond donors (Lipinski definition) is 0. The summed E-state index contributed by atoms with van der Waals surface area (Å²) in [6.45, 7) is 4.56. The average Bonchev–Trinajstić information content (AvgIpc) is 2.59. The standard InChI is InChI=1S/C21H15BCl2O/c1-21(2)13-5-3-4-6-14(13)22-15-11-12(23)7-9-17(15)25-18-10-8-16(24)19(21)20(18)22/h3-11H,1-2H3. The molecule has 5 rings (SSSR count). The monoisotopic (exact) mass is 364 g/mol. The second-order valence-electron chi connectivity index (χ2n) is 7.26. The number of rotatable bonds is 0. The van der Waals surface area contributed by atoms with Gasteiger partial charge in [-0.25, -0.2) is 0 Å². The van der Waals surface area contributed by atoms with Gasteiger partial charge in [0.05, 0.1) is 0 Å². The highest BCUT2D eigenvalue weighted by molar-refractivity contribution is 6.98. The zero-order chi connectivity index (χ0) is 17.3. The van der Waals surface area contributed by atoms with Crippen LogP contribution in [0.1, 0.15) is 25.0 Å². The molecule has 3 aromatic carbocycles. The van der Waals surface area contributed by atoms with E-state index < -0.39 is 0 Å². The van der Waals surface area contributed by atoms with Gasteiger partial charge in [-0.1, -0.05) is 66.8 Å². The molecule has 2 heterocycles. The van der Waals surface area contributed by atoms with Crippen LogP contribution in [0.15, 0.2) is 54.6 Å². The molecular weight excluding hydrogens is 350 g/mol. The highest BCUT2D eigenvalue weighted by Crippen LogP contribution is 2.41. The third-order valence-corrected chi connectivity index (χ3v) is 6.07. The van der Waals surface area contributed by atoms with Crippen LogP contribution in [0.5, 0.6) is 11.5 Å². The molecule has 122 valence electrons. The van der Waals surface area contributed by atoms with E-state index in [2.05, 4.69) is 38.1 Å². The summed E-state index contributed by atoms with van der Waals surface area (Å²) in [7, 11) is 0. The molecule has 4 heteroatoms. The maximum atomic E-state index is 6.69. The summed E-state index contributed by atoms with van der Waals surface area (Å²) in [5.41, 5.74) is 5.85. The summed E-state index contributed by atoms with van der Waals surface area (Å²) < 4.78 is 6.23. The van der Waals surface area contributed by atoms with E-state index in [1.54, 1.807) is 0 Å². The maximum absolute atomic E-state index is 6.69. The van der Waals surface area contributed by atoms with E-state index in [0.717, 1.165) is 32.6 Å². The summed E-state index contributed by atoms with van der Waals surface area (Å²) in [6, 6.07) is 18.4. The summed E-state index contributed by atoms with van der Waals surface area (Å²) in [5, 5.41) is 1.51. The van der Waals surface area contributed by atoms with Crippen molar-refractivity contribution in [3.63, 3.8) is 0 Å². The van der Waals surface area contributed by atoms with Gasteiger partial charge in [-0.3, -0.25) is 0 Å². The van der Waals surface area contributed by atoms with Gasteiger partial charge in [-0.15, -0.1) is 0 Å². The fraction of sp³-hybridized carbons (Fsp3) is 0.143. The number of hydrogen-bond acceptors (Lipinski definition) is 1. The molecule has 0 bridgehead atoms. The van der Waals surface area contributed by atoms with E-state index >= 15 is 0 Å². The van der Waals surface area contributed by atoms with Crippen molar-refractivity contribution in [2.24, 2.45) is 0 Å². The molecular formula is C21H15BCl2O. The predicted octanol–water partition coefficient (Wildman–Crippen LogP) is 4.25. The normalized spacial score (nSPS) is 15.8. The largest absolute Gasteiger partial charge is 0.458 e. The van der Waals surface area contributed by atoms with E-state index in [1.807, 2.05) is 30.3 Å². The molecule has 0 N–H and O–H groups in total. The van der Waals surface area contributed by atoms with Crippen molar-refractivity contribution in [3.8, 4) is 11.5 Å². The van der Waals surface area contributed by atoms with E-state index in [1.165, 1.54) is 16.5 Å². The molecule has 0 saturated carbocycles. The van der Waals surface area contributed by atoms with Crippen molar-refractivity contribution in [3.05, 3.63) is 75.8 Å². The number of halogens is 2. The van der Waals surface area contributed by atoms with Gasteiger partial charge in [0.15, 0.2) is 0 Å². The highest BCUT2D eigenvalue weighted by Gasteiger charge is 2.45. The maximum Gasteiger partial charge on any atom is 0.251 e. The first-order valence-electron chi connectivity index (χ1n) is 8.38. The lowest BCUT2D eigenvalue weighted by molar-refractivity contribution is 0.484. The van der Waals surface area contributed by atoms with Gasteiger partial charge in [0.25, 0.3) is 6.71 Å². The Labute approximate surface area is 157 Å². The first-order chi connectivity index (χ1) is 12.0. The van der Waals surface area contributed by atoms with E-state index in [0.29, 0.717) is 0 Å². The zero-order valence-corrected chi connectivity index (χ0v) is 15.4. The Bertz CT molecular complexity index is 1040. The molecule has 2 aliphatic heterocycles. The molecule has 0 unspecified atom stereocenters. The third kappa shape index (κ3) is 1.98. The van der Waals surface area contributed by atoms with Gasteiger partial charge in [0.2, 0.25) is 0 Å². The summed E-state index contributed by atoms with van der Waals surface area (Å²) in [6.07, 6.45) is 0. The van der Waals surface area contributed by atoms with Crippen molar-refractivity contribution in [2.45, 2.75) is 19.3 Å². The van der Waals surface area contributed by atoms with Gasteiger partial charge < -0.3 is 4.74 Å². The molecule has 0 aliphatic carbocycles. The lowest BCUT2D eigenvalue weighted by atomic mass is 9.30. The molecule has 0 spiro atoms. The molecule has 25 heavy (non-hydrogen) atoms. The van der Waals surface area contributed by atoms with Gasteiger partial charge in [-0.05, 0) is 52.4 Å². The topological polar surface area (TPSA) is 9.23 Å². The van der Waals surface area contributed by atoms with Gasteiger partial charge in [-0.2, -0.15) is 0 Å². The predicted molar refractivity (Wildman–Crippen MR) is 106 cm³/mol. The summed E-state index contributed by atoms with van der Waals surface area (Å²) in [5.74, 6) is 1.76. The van der Waals surface area contributed by atoms with E-state index in [9.17, 15) is 0 Å². The molecule has 0 radical (unpaired) electrons. The van der Waals surface area contributed by atoms with Crippen molar-refractivity contribution >= 4 is 46.3 Å². The van der Waals surface area contributed by atoms with Crippen molar-refractivity contribution in [1.29, 1.82) is 0 Å². The number of benzene rings is 3. The first-order valence-corrected chi connectivity index (χ1v) is 9.13. The zero-order valence-electron chi connectivity index (χ0n) is 13.9. The van der Waals surface area contributed by atoms with Crippen LogP contribution in [0.25, 0.3) is 0 Å². The molecule has 3 aromatic rings. The highest BCUT2D eigenvalue weighted by atomic mass is 35.5. The minimum absolute atomic E-state index is 0.0929. The van der Waals surface area contributed by atoms with Crippen LogP contribution in [0, 0.1) is 0 Å². The van der Waals surface area contributed by atoms with Crippen LogP contribution in [-0.4, -0.2) is 6.71 Å². The van der Waals surface area contributed by atoms with Gasteiger partial charge >= 0.3 is 0 Å². The second-order valence-corrected chi connectivity index (χ2v) is 8.11. The average molecular weight is 365 g/mol. The minimum Gasteiger partial charge on any atom is -0.458 e.